The zero-order valence-corrected chi connectivity index (χ0v) is 14.6. The molecule has 0 amide bonds. The van der Waals surface area contributed by atoms with Crippen LogP contribution in [0.2, 0.25) is 0 Å². The zero-order chi connectivity index (χ0) is 16.3. The van der Waals surface area contributed by atoms with Crippen LogP contribution < -0.4 is 0 Å². The topological polar surface area (TPSA) is 49.7 Å². The zero-order valence-electron chi connectivity index (χ0n) is 14.6. The first-order valence-electron chi connectivity index (χ1n) is 9.53. The van der Waals surface area contributed by atoms with E-state index in [-0.39, 0.29) is 22.9 Å². The predicted octanol–water partition coefficient (Wildman–Crippen LogP) is 3.82. The van der Waals surface area contributed by atoms with Crippen LogP contribution in [0, 0.1) is 34.0 Å². The van der Waals surface area contributed by atoms with Crippen molar-refractivity contribution in [1.82, 2.24) is 0 Å². The van der Waals surface area contributed by atoms with E-state index in [0.717, 1.165) is 0 Å². The number of aliphatic hydroxyl groups excluding tert-OH is 1. The van der Waals surface area contributed by atoms with Gasteiger partial charge in [-0.25, -0.2) is 0 Å². The van der Waals surface area contributed by atoms with Crippen LogP contribution in [0.5, 0.6) is 0 Å². The smallest absolute Gasteiger partial charge is 0.111 e. The van der Waals surface area contributed by atoms with Crippen LogP contribution in [0.1, 0.15) is 58.8 Å². The average molecular weight is 318 g/mol. The molecular weight excluding hydrogens is 288 g/mol. The molecule has 5 aliphatic carbocycles. The first-order valence-corrected chi connectivity index (χ1v) is 9.53. The van der Waals surface area contributed by atoms with Gasteiger partial charge < -0.3 is 14.9 Å². The van der Waals surface area contributed by atoms with Crippen LogP contribution in [-0.4, -0.2) is 29.0 Å². The molecule has 0 aliphatic heterocycles. The third-order valence-electron chi connectivity index (χ3n) is 9.85. The largest absolute Gasteiger partial charge is 0.512 e. The second-order valence-corrected chi connectivity index (χ2v) is 9.52. The van der Waals surface area contributed by atoms with Gasteiger partial charge in [0.15, 0.2) is 0 Å². The van der Waals surface area contributed by atoms with E-state index in [2.05, 4.69) is 13.8 Å². The number of hydrogen-bond donors (Lipinski definition) is 2. The van der Waals surface area contributed by atoms with Crippen LogP contribution in [-0.2, 0) is 4.74 Å². The molecule has 0 aromatic carbocycles. The average Bonchev–Trinajstić information content (AvgIpc) is 3.16. The maximum absolute atomic E-state index is 12.0. The lowest BCUT2D eigenvalue weighted by Gasteiger charge is -2.61. The summed E-state index contributed by atoms with van der Waals surface area (Å²) in [5, 5.41) is 22.7. The van der Waals surface area contributed by atoms with Crippen molar-refractivity contribution in [2.75, 3.05) is 7.11 Å². The second-order valence-electron chi connectivity index (χ2n) is 9.52. The van der Waals surface area contributed by atoms with Crippen molar-refractivity contribution in [1.29, 1.82) is 0 Å². The summed E-state index contributed by atoms with van der Waals surface area (Å²) in [6.07, 6.45) is 10.5. The van der Waals surface area contributed by atoms with E-state index in [4.69, 9.17) is 4.74 Å². The molecule has 3 heteroatoms. The summed E-state index contributed by atoms with van der Waals surface area (Å²) in [5.41, 5.74) is -0.584. The molecule has 4 fully saturated rings. The fourth-order valence-corrected chi connectivity index (χ4v) is 8.85. The van der Waals surface area contributed by atoms with Gasteiger partial charge in [0.2, 0.25) is 0 Å². The summed E-state index contributed by atoms with van der Waals surface area (Å²) in [4.78, 5) is 0. The lowest BCUT2D eigenvalue weighted by atomic mass is 9.44. The highest BCUT2D eigenvalue weighted by molar-refractivity contribution is 5.41. The Hall–Kier alpha value is -0.540. The van der Waals surface area contributed by atoms with Crippen molar-refractivity contribution in [2.24, 2.45) is 34.0 Å². The van der Waals surface area contributed by atoms with Crippen molar-refractivity contribution in [3.63, 3.8) is 0 Å². The highest BCUT2D eigenvalue weighted by Gasteiger charge is 2.86. The molecule has 0 radical (unpaired) electrons. The van der Waals surface area contributed by atoms with E-state index in [0.29, 0.717) is 23.0 Å². The summed E-state index contributed by atoms with van der Waals surface area (Å²) in [7, 11) is 1.67. The summed E-state index contributed by atoms with van der Waals surface area (Å²) < 4.78 is 5.69. The van der Waals surface area contributed by atoms with Crippen LogP contribution in [0.3, 0.4) is 0 Å². The lowest BCUT2D eigenvalue weighted by molar-refractivity contribution is -0.217. The Labute approximate surface area is 139 Å². The van der Waals surface area contributed by atoms with Crippen molar-refractivity contribution >= 4 is 0 Å². The molecule has 3 nitrogen and oxygen atoms in total. The quantitative estimate of drug-likeness (QED) is 0.773. The first-order chi connectivity index (χ1) is 10.9. The van der Waals surface area contributed by atoms with E-state index >= 15 is 0 Å². The Morgan fingerprint density at radius 3 is 2.48 bits per heavy atom. The van der Waals surface area contributed by atoms with Gasteiger partial charge in [0.05, 0.1) is 11.7 Å². The number of aliphatic hydroxyl groups is 2. The van der Waals surface area contributed by atoms with Crippen molar-refractivity contribution in [3.05, 3.63) is 11.8 Å². The standard InChI is InChI=1S/C20H30O3/c1-17-12-6-9-19(7-4-5-8-19)18(17,2)13(10-12)16-14(21)11-15(23-3)20(16,17)22/h11-13,15-16,21-22H,4-10H2,1-3H3/t12-,13+,15-,16+,17+,18+,20-/m1/s1. The minimum Gasteiger partial charge on any atom is -0.512 e. The summed E-state index contributed by atoms with van der Waals surface area (Å²) >= 11 is 0. The van der Waals surface area contributed by atoms with Crippen molar-refractivity contribution in [2.45, 2.75) is 70.5 Å². The Kier molecular flexibility index (Phi) is 2.56. The van der Waals surface area contributed by atoms with E-state index in [1.165, 1.54) is 44.9 Å². The van der Waals surface area contributed by atoms with Crippen molar-refractivity contribution < 1.29 is 14.9 Å². The first kappa shape index (κ1) is 14.8. The molecule has 128 valence electrons. The molecule has 1 spiro atoms. The minimum absolute atomic E-state index is 0.116. The highest BCUT2D eigenvalue weighted by Crippen LogP contribution is 2.86. The molecule has 0 unspecified atom stereocenters. The van der Waals surface area contributed by atoms with E-state index < -0.39 is 5.60 Å². The molecule has 5 rings (SSSR count). The Morgan fingerprint density at radius 1 is 1.13 bits per heavy atom. The molecule has 0 heterocycles. The Bertz CT molecular complexity index is 592. The normalized spacial score (nSPS) is 58.7. The SMILES string of the molecule is CO[C@@H]1C=C(O)[C@@H]2[C@@H]3C[C@H]4CCC5(CCCC5)[C@]3(C)[C@@]4(C)[C@]21O. The highest BCUT2D eigenvalue weighted by atomic mass is 16.5. The molecule has 2 N–H and O–H groups in total. The number of hydrogen-bond acceptors (Lipinski definition) is 3. The molecule has 0 aromatic heterocycles. The van der Waals surface area contributed by atoms with Crippen LogP contribution in [0.25, 0.3) is 0 Å². The Balaban J connectivity index is 1.75. The molecule has 4 bridgehead atoms. The number of methoxy groups -OCH3 is 1. The minimum atomic E-state index is -0.926. The fraction of sp³-hybridized carbons (Fsp3) is 0.900. The maximum atomic E-state index is 12.0. The molecule has 4 saturated carbocycles. The Morgan fingerprint density at radius 2 is 1.83 bits per heavy atom. The maximum Gasteiger partial charge on any atom is 0.111 e. The van der Waals surface area contributed by atoms with Gasteiger partial charge in [-0.3, -0.25) is 0 Å². The number of rotatable bonds is 1. The van der Waals surface area contributed by atoms with Gasteiger partial charge in [0.25, 0.3) is 0 Å². The summed E-state index contributed by atoms with van der Waals surface area (Å²) in [5.74, 6) is 1.25. The van der Waals surface area contributed by atoms with Gasteiger partial charge in [-0.2, -0.15) is 0 Å². The van der Waals surface area contributed by atoms with Crippen LogP contribution in [0.15, 0.2) is 11.8 Å². The van der Waals surface area contributed by atoms with Gasteiger partial charge in [-0.1, -0.05) is 26.7 Å². The van der Waals surface area contributed by atoms with Gasteiger partial charge in [0, 0.05) is 12.5 Å². The molecule has 0 saturated heterocycles. The lowest BCUT2D eigenvalue weighted by Crippen LogP contribution is -2.63. The van der Waals surface area contributed by atoms with Gasteiger partial charge in [0.1, 0.15) is 11.7 Å². The van der Waals surface area contributed by atoms with Crippen LogP contribution in [0.4, 0.5) is 0 Å². The predicted molar refractivity (Wildman–Crippen MR) is 87.9 cm³/mol. The van der Waals surface area contributed by atoms with Gasteiger partial charge in [-0.05, 0) is 60.8 Å². The third-order valence-corrected chi connectivity index (χ3v) is 9.85. The molecule has 23 heavy (non-hydrogen) atoms. The van der Waals surface area contributed by atoms with Crippen molar-refractivity contribution in [3.8, 4) is 0 Å². The van der Waals surface area contributed by atoms with Gasteiger partial charge >= 0.3 is 0 Å². The fourth-order valence-electron chi connectivity index (χ4n) is 8.85. The molecule has 7 atom stereocenters. The molecule has 0 aromatic rings. The second kappa shape index (κ2) is 3.99. The van der Waals surface area contributed by atoms with E-state index in [9.17, 15) is 10.2 Å². The van der Waals surface area contributed by atoms with Crippen LogP contribution >= 0.6 is 0 Å². The number of ether oxygens (including phenoxy) is 1. The summed E-state index contributed by atoms with van der Waals surface area (Å²) in [6.45, 7) is 4.81. The third kappa shape index (κ3) is 1.17. The number of fused-ring (bicyclic) bond motifs is 2. The van der Waals surface area contributed by atoms with Gasteiger partial charge in [-0.15, -0.1) is 0 Å². The van der Waals surface area contributed by atoms with E-state index in [1.54, 1.807) is 13.2 Å². The molecular formula is C20H30O3. The van der Waals surface area contributed by atoms with E-state index in [1.807, 2.05) is 0 Å². The molecule has 5 aliphatic rings. The monoisotopic (exact) mass is 318 g/mol. The summed E-state index contributed by atoms with van der Waals surface area (Å²) in [6, 6.07) is 0.